The molecule has 0 saturated heterocycles. The molecule has 0 fully saturated rings. The molecule has 1 aromatic heterocycles. The van der Waals surface area contributed by atoms with Gasteiger partial charge in [0.05, 0.1) is 38.1 Å². The number of nitrogens with one attached hydrogen (secondary N) is 2. The smallest absolute Gasteiger partial charge is 0.261 e. The van der Waals surface area contributed by atoms with Crippen molar-refractivity contribution in [2.24, 2.45) is 0 Å². The number of methoxy groups -OCH3 is 3. The van der Waals surface area contributed by atoms with Gasteiger partial charge in [0.2, 0.25) is 0 Å². The molecule has 0 atom stereocenters. The maximum Gasteiger partial charge on any atom is 0.261 e. The first-order chi connectivity index (χ1) is 17.4. The van der Waals surface area contributed by atoms with E-state index in [1.807, 2.05) is 0 Å². The van der Waals surface area contributed by atoms with Gasteiger partial charge in [0.1, 0.15) is 23.1 Å². The summed E-state index contributed by atoms with van der Waals surface area (Å²) in [6.07, 6.45) is 1.58. The molecule has 0 unspecified atom stereocenters. The number of carbonyl (C=O) groups excluding carboxylic acids is 1. The summed E-state index contributed by atoms with van der Waals surface area (Å²) in [6, 6.07) is 16.1. The fourth-order valence-corrected chi connectivity index (χ4v) is 3.68. The summed E-state index contributed by atoms with van der Waals surface area (Å²) in [6.45, 7) is 0. The number of benzene rings is 3. The van der Waals surface area contributed by atoms with Crippen LogP contribution >= 0.6 is 12.2 Å². The fourth-order valence-electron chi connectivity index (χ4n) is 3.48. The molecule has 0 bridgehead atoms. The van der Waals surface area contributed by atoms with E-state index in [-0.39, 0.29) is 16.5 Å². The number of para-hydroxylation sites is 1. The number of carbonyl (C=O) groups is 1. The monoisotopic (exact) mass is 507 g/mol. The minimum Gasteiger partial charge on any atom is -0.496 e. The molecule has 36 heavy (non-hydrogen) atoms. The summed E-state index contributed by atoms with van der Waals surface area (Å²) in [5, 5.41) is 5.80. The molecule has 0 spiro atoms. The third-order valence-corrected chi connectivity index (χ3v) is 5.41. The molecule has 4 aromatic rings. The van der Waals surface area contributed by atoms with Gasteiger partial charge in [-0.1, -0.05) is 12.1 Å². The number of fused-ring (bicyclic) bond motifs is 1. The zero-order valence-electron chi connectivity index (χ0n) is 19.6. The molecule has 0 aliphatic rings. The van der Waals surface area contributed by atoms with E-state index < -0.39 is 11.7 Å². The lowest BCUT2D eigenvalue weighted by Gasteiger charge is -2.14. The highest BCUT2D eigenvalue weighted by Gasteiger charge is 2.15. The lowest BCUT2D eigenvalue weighted by molar-refractivity contribution is 0.0974. The van der Waals surface area contributed by atoms with Crippen LogP contribution in [0.2, 0.25) is 0 Å². The molecule has 1 heterocycles. The van der Waals surface area contributed by atoms with Gasteiger partial charge in [0.15, 0.2) is 16.6 Å². The lowest BCUT2D eigenvalue weighted by atomic mass is 10.2. The van der Waals surface area contributed by atoms with E-state index in [4.69, 9.17) is 31.2 Å². The van der Waals surface area contributed by atoms with Crippen molar-refractivity contribution in [2.75, 3.05) is 26.6 Å². The highest BCUT2D eigenvalue weighted by atomic mass is 32.1. The van der Waals surface area contributed by atoms with Crippen molar-refractivity contribution in [3.8, 4) is 28.7 Å². The van der Waals surface area contributed by atoms with Crippen molar-refractivity contribution in [3.63, 3.8) is 0 Å². The highest BCUT2D eigenvalue weighted by molar-refractivity contribution is 7.80. The molecular formula is C26H22FN3O5S. The van der Waals surface area contributed by atoms with Gasteiger partial charge in [-0.05, 0) is 48.6 Å². The summed E-state index contributed by atoms with van der Waals surface area (Å²) in [5.74, 6) is 1.04. The average molecular weight is 508 g/mol. The number of hydrogen-bond donors (Lipinski definition) is 2. The third-order valence-electron chi connectivity index (χ3n) is 5.20. The van der Waals surface area contributed by atoms with E-state index in [2.05, 4.69) is 15.6 Å². The van der Waals surface area contributed by atoms with Crippen molar-refractivity contribution in [1.29, 1.82) is 0 Å². The first-order valence-electron chi connectivity index (χ1n) is 10.7. The van der Waals surface area contributed by atoms with Gasteiger partial charge in [0, 0.05) is 23.7 Å². The topological polar surface area (TPSA) is 90.9 Å². The van der Waals surface area contributed by atoms with Crippen LogP contribution in [0.15, 0.2) is 66.9 Å². The predicted octanol–water partition coefficient (Wildman–Crippen LogP) is 5.32. The van der Waals surface area contributed by atoms with Crippen LogP contribution < -0.4 is 29.6 Å². The van der Waals surface area contributed by atoms with Gasteiger partial charge in [0.25, 0.3) is 5.91 Å². The number of rotatable bonds is 7. The Morgan fingerprint density at radius 1 is 0.889 bits per heavy atom. The molecule has 8 nitrogen and oxygen atoms in total. The van der Waals surface area contributed by atoms with Gasteiger partial charge in [-0.25, -0.2) is 4.39 Å². The molecule has 2 N–H and O–H groups in total. The minimum absolute atomic E-state index is 0.0682. The van der Waals surface area contributed by atoms with Gasteiger partial charge in [-0.3, -0.25) is 15.1 Å². The lowest BCUT2D eigenvalue weighted by Crippen LogP contribution is -2.34. The van der Waals surface area contributed by atoms with Crippen LogP contribution in [0, 0.1) is 5.82 Å². The Kier molecular flexibility index (Phi) is 7.45. The molecule has 184 valence electrons. The fraction of sp³-hybridized carbons (Fsp3) is 0.115. The minimum atomic E-state index is -0.626. The second-order valence-electron chi connectivity index (χ2n) is 7.39. The maximum absolute atomic E-state index is 14.8. The first kappa shape index (κ1) is 24.7. The summed E-state index contributed by atoms with van der Waals surface area (Å²) in [4.78, 5) is 16.8. The number of halogens is 1. The maximum atomic E-state index is 14.8. The predicted molar refractivity (Wildman–Crippen MR) is 138 cm³/mol. The molecule has 0 saturated carbocycles. The normalized spacial score (nSPS) is 10.4. The second kappa shape index (κ2) is 10.9. The zero-order valence-corrected chi connectivity index (χ0v) is 20.4. The Balaban J connectivity index is 1.49. The number of hydrogen-bond acceptors (Lipinski definition) is 7. The van der Waals surface area contributed by atoms with Crippen LogP contribution in [-0.4, -0.2) is 37.3 Å². The van der Waals surface area contributed by atoms with Crippen LogP contribution in [0.5, 0.6) is 28.7 Å². The van der Waals surface area contributed by atoms with Crippen molar-refractivity contribution < 1.29 is 28.1 Å². The quantitative estimate of drug-likeness (QED) is 0.325. The summed E-state index contributed by atoms with van der Waals surface area (Å²) in [7, 11) is 4.53. The van der Waals surface area contributed by atoms with E-state index in [0.717, 1.165) is 0 Å². The van der Waals surface area contributed by atoms with Crippen LogP contribution in [-0.2, 0) is 0 Å². The largest absolute Gasteiger partial charge is 0.496 e. The van der Waals surface area contributed by atoms with Gasteiger partial charge < -0.3 is 24.3 Å². The van der Waals surface area contributed by atoms with E-state index in [0.29, 0.717) is 39.5 Å². The van der Waals surface area contributed by atoms with E-state index in [1.54, 1.807) is 54.7 Å². The van der Waals surface area contributed by atoms with Crippen LogP contribution in [0.4, 0.5) is 10.1 Å². The number of pyridine rings is 1. The highest BCUT2D eigenvalue weighted by Crippen LogP contribution is 2.37. The van der Waals surface area contributed by atoms with E-state index >= 15 is 0 Å². The third kappa shape index (κ3) is 5.28. The number of ether oxygens (including phenoxy) is 4. The number of anilines is 1. The van der Waals surface area contributed by atoms with Gasteiger partial charge in [-0.2, -0.15) is 0 Å². The van der Waals surface area contributed by atoms with Crippen molar-refractivity contribution >= 4 is 39.8 Å². The molecule has 1 amide bonds. The summed E-state index contributed by atoms with van der Waals surface area (Å²) >= 11 is 5.18. The summed E-state index contributed by atoms with van der Waals surface area (Å²) in [5.41, 5.74) is 0.992. The number of aromatic nitrogens is 1. The Labute approximate surface area is 212 Å². The van der Waals surface area contributed by atoms with Crippen LogP contribution in [0.25, 0.3) is 10.9 Å². The van der Waals surface area contributed by atoms with Crippen molar-refractivity contribution in [1.82, 2.24) is 10.3 Å². The molecular weight excluding hydrogens is 485 g/mol. The Morgan fingerprint density at radius 3 is 2.33 bits per heavy atom. The number of nitrogens with zero attached hydrogens (tertiary/aromatic N) is 1. The SMILES string of the molecule is COc1cc2nccc(Oc3ccc(NC(=S)NC(=O)c4ccccc4OC)c(F)c3)c2cc1OC. The number of thiocarbonyl (C=S) groups is 1. The Morgan fingerprint density at radius 2 is 1.61 bits per heavy atom. The van der Waals surface area contributed by atoms with Crippen molar-refractivity contribution in [2.45, 2.75) is 0 Å². The molecule has 3 aromatic carbocycles. The molecule has 0 radical (unpaired) electrons. The van der Waals surface area contributed by atoms with Crippen LogP contribution in [0.3, 0.4) is 0 Å². The average Bonchev–Trinajstić information content (AvgIpc) is 2.89. The van der Waals surface area contributed by atoms with E-state index in [9.17, 15) is 9.18 Å². The molecule has 10 heteroatoms. The second-order valence-corrected chi connectivity index (χ2v) is 7.79. The molecule has 0 aliphatic carbocycles. The zero-order chi connectivity index (χ0) is 25.7. The standard InChI is InChI=1S/C26H22FN3O5S/c1-32-21-7-5-4-6-16(21)25(31)30-26(36)29-19-9-8-15(12-18(19)27)35-22-10-11-28-20-14-24(34-3)23(33-2)13-17(20)22/h4-14H,1-3H3,(H2,29,30,31,36). The van der Waals surface area contributed by atoms with Crippen LogP contribution in [0.1, 0.15) is 10.4 Å². The molecule has 0 aliphatic heterocycles. The van der Waals surface area contributed by atoms with E-state index in [1.165, 1.54) is 33.5 Å². The van der Waals surface area contributed by atoms with Gasteiger partial charge >= 0.3 is 0 Å². The van der Waals surface area contributed by atoms with Crippen molar-refractivity contribution in [3.05, 3.63) is 78.2 Å². The summed E-state index contributed by atoms with van der Waals surface area (Å²) < 4.78 is 36.6. The Bertz CT molecular complexity index is 1450. The molecule has 4 rings (SSSR count). The first-order valence-corrected chi connectivity index (χ1v) is 11.1. The van der Waals surface area contributed by atoms with Gasteiger partial charge in [-0.15, -0.1) is 0 Å². The Hall–Kier alpha value is -4.44. The number of amides is 1.